The lowest BCUT2D eigenvalue weighted by Gasteiger charge is -2.22. The van der Waals surface area contributed by atoms with E-state index in [-0.39, 0.29) is 0 Å². The molecule has 1 saturated heterocycles. The molecule has 0 spiro atoms. The first-order valence-electron chi connectivity index (χ1n) is 5.36. The van der Waals surface area contributed by atoms with Crippen LogP contribution in [0.1, 0.15) is 18.4 Å². The number of anilines is 1. The van der Waals surface area contributed by atoms with E-state index in [2.05, 4.69) is 19.1 Å². The van der Waals surface area contributed by atoms with E-state index in [9.17, 15) is 0 Å². The fourth-order valence-corrected chi connectivity index (χ4v) is 2.96. The SMILES string of the molecule is Cc1ccc(N)c(SC2CCOCC2)c1. The monoisotopic (exact) mass is 223 g/mol. The van der Waals surface area contributed by atoms with E-state index in [0.717, 1.165) is 31.7 Å². The van der Waals surface area contributed by atoms with E-state index in [1.54, 1.807) is 0 Å². The molecule has 0 radical (unpaired) electrons. The molecule has 0 aliphatic carbocycles. The lowest BCUT2D eigenvalue weighted by molar-refractivity contribution is 0.100. The summed E-state index contributed by atoms with van der Waals surface area (Å²) in [5.41, 5.74) is 8.13. The second-order valence-corrected chi connectivity index (χ2v) is 5.31. The summed E-state index contributed by atoms with van der Waals surface area (Å²) in [6.45, 7) is 3.89. The standard InChI is InChI=1S/C12H17NOS/c1-9-2-3-11(13)12(8-9)15-10-4-6-14-7-5-10/h2-3,8,10H,4-7,13H2,1H3. The Morgan fingerprint density at radius 1 is 1.33 bits per heavy atom. The number of nitrogen functional groups attached to an aromatic ring is 1. The molecule has 1 aromatic rings. The van der Waals surface area contributed by atoms with E-state index in [1.807, 2.05) is 17.8 Å². The first kappa shape index (κ1) is 10.8. The van der Waals surface area contributed by atoms with E-state index in [0.29, 0.717) is 5.25 Å². The van der Waals surface area contributed by atoms with Crippen LogP contribution in [0, 0.1) is 6.92 Å². The molecule has 3 heteroatoms. The van der Waals surface area contributed by atoms with Crippen molar-refractivity contribution < 1.29 is 4.74 Å². The van der Waals surface area contributed by atoms with Gasteiger partial charge < -0.3 is 10.5 Å². The molecule has 0 saturated carbocycles. The number of benzene rings is 1. The largest absolute Gasteiger partial charge is 0.398 e. The van der Waals surface area contributed by atoms with E-state index in [4.69, 9.17) is 10.5 Å². The maximum Gasteiger partial charge on any atom is 0.0476 e. The van der Waals surface area contributed by atoms with Crippen LogP contribution in [0.5, 0.6) is 0 Å². The third kappa shape index (κ3) is 2.89. The van der Waals surface area contributed by atoms with Gasteiger partial charge in [-0.15, -0.1) is 11.8 Å². The van der Waals surface area contributed by atoms with Gasteiger partial charge in [-0.2, -0.15) is 0 Å². The summed E-state index contributed by atoms with van der Waals surface area (Å²) < 4.78 is 5.35. The smallest absolute Gasteiger partial charge is 0.0476 e. The Morgan fingerprint density at radius 2 is 2.07 bits per heavy atom. The minimum atomic E-state index is 0.669. The van der Waals surface area contributed by atoms with Crippen molar-refractivity contribution in [1.29, 1.82) is 0 Å². The lowest BCUT2D eigenvalue weighted by Crippen LogP contribution is -2.17. The van der Waals surface area contributed by atoms with Crippen LogP contribution in [0.2, 0.25) is 0 Å². The van der Waals surface area contributed by atoms with Crippen LogP contribution in [0.25, 0.3) is 0 Å². The van der Waals surface area contributed by atoms with Crippen molar-refractivity contribution in [3.05, 3.63) is 23.8 Å². The van der Waals surface area contributed by atoms with Crippen molar-refractivity contribution in [1.82, 2.24) is 0 Å². The molecule has 1 fully saturated rings. The molecule has 1 heterocycles. The lowest BCUT2D eigenvalue weighted by atomic mass is 10.2. The van der Waals surface area contributed by atoms with Gasteiger partial charge in [0.2, 0.25) is 0 Å². The highest BCUT2D eigenvalue weighted by Gasteiger charge is 2.15. The highest BCUT2D eigenvalue weighted by atomic mass is 32.2. The van der Waals surface area contributed by atoms with Crippen LogP contribution >= 0.6 is 11.8 Å². The zero-order valence-electron chi connectivity index (χ0n) is 9.03. The predicted octanol–water partition coefficient (Wildman–Crippen LogP) is 2.85. The van der Waals surface area contributed by atoms with Crippen LogP contribution in [0.4, 0.5) is 5.69 Å². The molecular weight excluding hydrogens is 206 g/mol. The molecular formula is C12H17NOS. The Kier molecular flexibility index (Phi) is 3.54. The molecule has 1 aliphatic heterocycles. The molecule has 2 N–H and O–H groups in total. The van der Waals surface area contributed by atoms with Gasteiger partial charge in [-0.3, -0.25) is 0 Å². The summed E-state index contributed by atoms with van der Waals surface area (Å²) >= 11 is 1.90. The number of hydrogen-bond acceptors (Lipinski definition) is 3. The van der Waals surface area contributed by atoms with Crippen molar-refractivity contribution in [2.24, 2.45) is 0 Å². The Bertz CT molecular complexity index is 334. The molecule has 0 bridgehead atoms. The Morgan fingerprint density at radius 3 is 2.80 bits per heavy atom. The molecule has 2 nitrogen and oxygen atoms in total. The molecule has 0 atom stereocenters. The molecule has 1 aromatic carbocycles. The summed E-state index contributed by atoms with van der Waals surface area (Å²) in [6.07, 6.45) is 2.27. The maximum atomic E-state index is 5.95. The number of aryl methyl sites for hydroxylation is 1. The molecule has 82 valence electrons. The van der Waals surface area contributed by atoms with Crippen molar-refractivity contribution in [3.63, 3.8) is 0 Å². The van der Waals surface area contributed by atoms with Crippen LogP contribution in [0.15, 0.2) is 23.1 Å². The third-order valence-electron chi connectivity index (χ3n) is 2.63. The van der Waals surface area contributed by atoms with Gasteiger partial charge in [0.1, 0.15) is 0 Å². The first-order chi connectivity index (χ1) is 7.25. The van der Waals surface area contributed by atoms with Gasteiger partial charge in [0.25, 0.3) is 0 Å². The minimum Gasteiger partial charge on any atom is -0.398 e. The fraction of sp³-hybridized carbons (Fsp3) is 0.500. The molecule has 0 amide bonds. The molecule has 2 rings (SSSR count). The zero-order valence-corrected chi connectivity index (χ0v) is 9.85. The van der Waals surface area contributed by atoms with Gasteiger partial charge in [-0.1, -0.05) is 6.07 Å². The van der Waals surface area contributed by atoms with E-state index in [1.165, 1.54) is 10.5 Å². The zero-order chi connectivity index (χ0) is 10.7. The minimum absolute atomic E-state index is 0.669. The highest BCUT2D eigenvalue weighted by molar-refractivity contribution is 8.00. The van der Waals surface area contributed by atoms with Crippen LogP contribution in [0.3, 0.4) is 0 Å². The molecule has 1 aliphatic rings. The highest BCUT2D eigenvalue weighted by Crippen LogP contribution is 2.33. The number of nitrogens with two attached hydrogens (primary N) is 1. The average Bonchev–Trinajstić information content (AvgIpc) is 2.25. The van der Waals surface area contributed by atoms with Crippen molar-refractivity contribution in [2.45, 2.75) is 29.9 Å². The van der Waals surface area contributed by atoms with E-state index >= 15 is 0 Å². The Labute approximate surface area is 95.2 Å². The molecule has 0 aromatic heterocycles. The quantitative estimate of drug-likeness (QED) is 0.783. The van der Waals surface area contributed by atoms with E-state index < -0.39 is 0 Å². The van der Waals surface area contributed by atoms with Gasteiger partial charge in [-0.05, 0) is 37.5 Å². The third-order valence-corrected chi connectivity index (χ3v) is 4.04. The van der Waals surface area contributed by atoms with Crippen molar-refractivity contribution >= 4 is 17.4 Å². The van der Waals surface area contributed by atoms with Crippen LogP contribution in [-0.2, 0) is 4.74 Å². The van der Waals surface area contributed by atoms with Gasteiger partial charge >= 0.3 is 0 Å². The predicted molar refractivity (Wildman–Crippen MR) is 65.3 cm³/mol. The first-order valence-corrected chi connectivity index (χ1v) is 6.24. The summed E-state index contributed by atoms with van der Waals surface area (Å²) in [6, 6.07) is 6.23. The van der Waals surface area contributed by atoms with Gasteiger partial charge in [-0.25, -0.2) is 0 Å². The topological polar surface area (TPSA) is 35.2 Å². The van der Waals surface area contributed by atoms with Gasteiger partial charge in [0, 0.05) is 29.0 Å². The summed E-state index contributed by atoms with van der Waals surface area (Å²) in [7, 11) is 0. The summed E-state index contributed by atoms with van der Waals surface area (Å²) in [5, 5.41) is 0.669. The second-order valence-electron chi connectivity index (χ2n) is 3.97. The fourth-order valence-electron chi connectivity index (χ4n) is 1.72. The second kappa shape index (κ2) is 4.90. The summed E-state index contributed by atoms with van der Waals surface area (Å²) in [4.78, 5) is 1.22. The molecule has 0 unspecified atom stereocenters. The number of hydrogen-bond donors (Lipinski definition) is 1. The Hall–Kier alpha value is -0.670. The van der Waals surface area contributed by atoms with Gasteiger partial charge in [0.15, 0.2) is 0 Å². The summed E-state index contributed by atoms with van der Waals surface area (Å²) in [5.74, 6) is 0. The van der Waals surface area contributed by atoms with Crippen LogP contribution < -0.4 is 5.73 Å². The number of rotatable bonds is 2. The van der Waals surface area contributed by atoms with Crippen molar-refractivity contribution in [2.75, 3.05) is 18.9 Å². The maximum absolute atomic E-state index is 5.95. The Balaban J connectivity index is 2.05. The van der Waals surface area contributed by atoms with Crippen LogP contribution in [-0.4, -0.2) is 18.5 Å². The molecule has 15 heavy (non-hydrogen) atoms. The average molecular weight is 223 g/mol. The normalized spacial score (nSPS) is 17.9. The van der Waals surface area contributed by atoms with Crippen molar-refractivity contribution in [3.8, 4) is 0 Å². The van der Waals surface area contributed by atoms with Gasteiger partial charge in [0.05, 0.1) is 0 Å². The number of thioether (sulfide) groups is 1. The number of ether oxygens (including phenoxy) is 1.